The van der Waals surface area contributed by atoms with Gasteiger partial charge in [-0.3, -0.25) is 9.69 Å². The van der Waals surface area contributed by atoms with Crippen molar-refractivity contribution in [3.8, 4) is 0 Å². The Kier molecular flexibility index (Phi) is 4.70. The van der Waals surface area contributed by atoms with Crippen molar-refractivity contribution >= 4 is 17.3 Å². The zero-order valence-corrected chi connectivity index (χ0v) is 17.8. The van der Waals surface area contributed by atoms with E-state index in [1.54, 1.807) is 0 Å². The highest BCUT2D eigenvalue weighted by molar-refractivity contribution is 6.12. The Morgan fingerprint density at radius 2 is 1.48 bits per heavy atom. The topological polar surface area (TPSA) is 32.3 Å². The standard InChI is InChI=1S/C26H28N2O/c1-17-14-18(2)16-21(15-17)28-24(19-10-12-20(13-11-19)26(3,4)5)27-23-9-7-6-8-22(23)25(28)29/h6-16,24,27H,1-5H3/t24-/m1/s1. The molecule has 0 saturated heterocycles. The van der Waals surface area contributed by atoms with E-state index in [2.05, 4.69) is 82.4 Å². The molecule has 3 aromatic carbocycles. The highest BCUT2D eigenvalue weighted by atomic mass is 16.2. The lowest BCUT2D eigenvalue weighted by atomic mass is 9.86. The van der Waals surface area contributed by atoms with E-state index in [-0.39, 0.29) is 17.5 Å². The van der Waals surface area contributed by atoms with Crippen molar-refractivity contribution in [3.63, 3.8) is 0 Å². The number of carbonyl (C=O) groups is 1. The number of rotatable bonds is 2. The number of nitrogens with zero attached hydrogens (tertiary/aromatic N) is 1. The molecule has 0 aliphatic carbocycles. The lowest BCUT2D eigenvalue weighted by Crippen LogP contribution is -2.43. The quantitative estimate of drug-likeness (QED) is 0.556. The van der Waals surface area contributed by atoms with E-state index < -0.39 is 0 Å². The first-order valence-corrected chi connectivity index (χ1v) is 10.1. The maximum absolute atomic E-state index is 13.5. The molecule has 1 N–H and O–H groups in total. The minimum absolute atomic E-state index is 0.0225. The fraction of sp³-hybridized carbons (Fsp3) is 0.269. The van der Waals surface area contributed by atoms with Crippen LogP contribution in [0, 0.1) is 13.8 Å². The molecule has 1 atom stereocenters. The Balaban J connectivity index is 1.84. The third-order valence-corrected chi connectivity index (χ3v) is 5.50. The van der Waals surface area contributed by atoms with Gasteiger partial charge in [0.1, 0.15) is 6.17 Å². The number of hydrogen-bond donors (Lipinski definition) is 1. The van der Waals surface area contributed by atoms with E-state index >= 15 is 0 Å². The maximum atomic E-state index is 13.5. The Morgan fingerprint density at radius 3 is 2.10 bits per heavy atom. The Labute approximate surface area is 173 Å². The van der Waals surface area contributed by atoms with Crippen molar-refractivity contribution in [1.29, 1.82) is 0 Å². The summed E-state index contributed by atoms with van der Waals surface area (Å²) in [7, 11) is 0. The molecule has 0 radical (unpaired) electrons. The van der Waals surface area contributed by atoms with Crippen molar-refractivity contribution in [2.24, 2.45) is 0 Å². The Morgan fingerprint density at radius 1 is 0.862 bits per heavy atom. The van der Waals surface area contributed by atoms with Crippen LogP contribution in [0.2, 0.25) is 0 Å². The number of aryl methyl sites for hydroxylation is 2. The first-order chi connectivity index (χ1) is 13.7. The molecule has 3 nitrogen and oxygen atoms in total. The van der Waals surface area contributed by atoms with Crippen LogP contribution in [0.5, 0.6) is 0 Å². The van der Waals surface area contributed by atoms with E-state index in [0.29, 0.717) is 5.56 Å². The van der Waals surface area contributed by atoms with Crippen molar-refractivity contribution in [1.82, 2.24) is 0 Å². The average Bonchev–Trinajstić information content (AvgIpc) is 2.66. The lowest BCUT2D eigenvalue weighted by Gasteiger charge is -2.38. The fourth-order valence-electron chi connectivity index (χ4n) is 4.01. The minimum atomic E-state index is -0.257. The third-order valence-electron chi connectivity index (χ3n) is 5.50. The van der Waals surface area contributed by atoms with Crippen molar-refractivity contribution in [2.75, 3.05) is 10.2 Å². The Bertz CT molecular complexity index is 1040. The van der Waals surface area contributed by atoms with Crippen LogP contribution in [-0.2, 0) is 5.41 Å². The zero-order valence-electron chi connectivity index (χ0n) is 17.8. The van der Waals surface area contributed by atoms with Crippen LogP contribution in [0.4, 0.5) is 11.4 Å². The molecule has 3 heteroatoms. The maximum Gasteiger partial charge on any atom is 0.262 e. The summed E-state index contributed by atoms with van der Waals surface area (Å²) in [5.74, 6) is 0.0225. The van der Waals surface area contributed by atoms with Crippen LogP contribution >= 0.6 is 0 Å². The first-order valence-electron chi connectivity index (χ1n) is 10.1. The summed E-state index contributed by atoms with van der Waals surface area (Å²) in [4.78, 5) is 15.4. The third kappa shape index (κ3) is 3.65. The van der Waals surface area contributed by atoms with Crippen LogP contribution in [0.1, 0.15) is 59.5 Å². The van der Waals surface area contributed by atoms with Gasteiger partial charge in [-0.1, -0.05) is 63.2 Å². The number of para-hydroxylation sites is 1. The molecule has 3 aromatic rings. The number of nitrogens with one attached hydrogen (secondary N) is 1. The van der Waals surface area contributed by atoms with Crippen molar-refractivity contribution in [3.05, 3.63) is 94.5 Å². The highest BCUT2D eigenvalue weighted by Crippen LogP contribution is 2.37. The SMILES string of the molecule is Cc1cc(C)cc(N2C(=O)c3ccccc3N[C@H]2c2ccc(C(C)(C)C)cc2)c1. The van der Waals surface area contributed by atoms with Gasteiger partial charge in [0.15, 0.2) is 0 Å². The second-order valence-electron chi connectivity index (χ2n) is 8.99. The van der Waals surface area contributed by atoms with Crippen molar-refractivity contribution < 1.29 is 4.79 Å². The summed E-state index contributed by atoms with van der Waals surface area (Å²) in [5, 5.41) is 3.59. The van der Waals surface area contributed by atoms with Crippen LogP contribution in [0.15, 0.2) is 66.7 Å². The van der Waals surface area contributed by atoms with E-state index in [9.17, 15) is 4.79 Å². The lowest BCUT2D eigenvalue weighted by molar-refractivity contribution is 0.0975. The molecule has 29 heavy (non-hydrogen) atoms. The Hall–Kier alpha value is -3.07. The van der Waals surface area contributed by atoms with Gasteiger partial charge in [0.05, 0.1) is 5.56 Å². The van der Waals surface area contributed by atoms with E-state index in [1.807, 2.05) is 29.2 Å². The number of hydrogen-bond acceptors (Lipinski definition) is 2. The largest absolute Gasteiger partial charge is 0.360 e. The van der Waals surface area contributed by atoms with E-state index in [4.69, 9.17) is 0 Å². The fourth-order valence-corrected chi connectivity index (χ4v) is 4.01. The number of carbonyl (C=O) groups excluding carboxylic acids is 1. The molecule has 0 fully saturated rings. The second kappa shape index (κ2) is 7.07. The molecular formula is C26H28N2O. The summed E-state index contributed by atoms with van der Waals surface area (Å²) in [6.07, 6.45) is -0.257. The second-order valence-corrected chi connectivity index (χ2v) is 8.99. The number of fused-ring (bicyclic) bond motifs is 1. The summed E-state index contributed by atoms with van der Waals surface area (Å²) in [6.45, 7) is 10.8. The van der Waals surface area contributed by atoms with Gasteiger partial charge in [-0.25, -0.2) is 0 Å². The summed E-state index contributed by atoms with van der Waals surface area (Å²) < 4.78 is 0. The summed E-state index contributed by atoms with van der Waals surface area (Å²) >= 11 is 0. The molecule has 1 amide bonds. The zero-order chi connectivity index (χ0) is 20.8. The van der Waals surface area contributed by atoms with Gasteiger partial charge in [-0.15, -0.1) is 0 Å². The predicted octanol–water partition coefficient (Wildman–Crippen LogP) is 6.37. The van der Waals surface area contributed by atoms with Gasteiger partial charge in [-0.05, 0) is 65.8 Å². The van der Waals surface area contributed by atoms with Gasteiger partial charge >= 0.3 is 0 Å². The van der Waals surface area contributed by atoms with Gasteiger partial charge in [-0.2, -0.15) is 0 Å². The first kappa shape index (κ1) is 19.3. The molecular weight excluding hydrogens is 356 g/mol. The molecule has 1 aliphatic rings. The molecule has 148 valence electrons. The molecule has 0 aromatic heterocycles. The van der Waals surface area contributed by atoms with Crippen molar-refractivity contribution in [2.45, 2.75) is 46.2 Å². The number of amides is 1. The molecule has 0 bridgehead atoms. The summed E-state index contributed by atoms with van der Waals surface area (Å²) in [6, 6.07) is 22.6. The van der Waals surface area contributed by atoms with Crippen LogP contribution in [-0.4, -0.2) is 5.91 Å². The minimum Gasteiger partial charge on any atom is -0.360 e. The van der Waals surface area contributed by atoms with E-state index in [0.717, 1.165) is 28.1 Å². The molecule has 0 saturated carbocycles. The highest BCUT2D eigenvalue weighted by Gasteiger charge is 2.34. The average molecular weight is 385 g/mol. The predicted molar refractivity (Wildman–Crippen MR) is 121 cm³/mol. The number of benzene rings is 3. The summed E-state index contributed by atoms with van der Waals surface area (Å²) in [5.41, 5.74) is 7.23. The van der Waals surface area contributed by atoms with Gasteiger partial charge in [0.2, 0.25) is 0 Å². The monoisotopic (exact) mass is 384 g/mol. The van der Waals surface area contributed by atoms with Gasteiger partial charge < -0.3 is 5.32 Å². The van der Waals surface area contributed by atoms with Crippen LogP contribution in [0.3, 0.4) is 0 Å². The molecule has 0 spiro atoms. The molecule has 0 unspecified atom stereocenters. The van der Waals surface area contributed by atoms with Gasteiger partial charge in [0, 0.05) is 11.4 Å². The molecule has 1 heterocycles. The normalized spacial score (nSPS) is 16.4. The molecule has 1 aliphatic heterocycles. The number of anilines is 2. The van der Waals surface area contributed by atoms with Crippen LogP contribution in [0.25, 0.3) is 0 Å². The van der Waals surface area contributed by atoms with Crippen LogP contribution < -0.4 is 10.2 Å². The van der Waals surface area contributed by atoms with Gasteiger partial charge in [0.25, 0.3) is 5.91 Å². The smallest absolute Gasteiger partial charge is 0.262 e. The van der Waals surface area contributed by atoms with E-state index in [1.165, 1.54) is 5.56 Å². The molecule has 4 rings (SSSR count).